The predicted octanol–water partition coefficient (Wildman–Crippen LogP) is 4.80. The van der Waals surface area contributed by atoms with E-state index >= 15 is 0 Å². The van der Waals surface area contributed by atoms with E-state index < -0.39 is 6.29 Å². The number of urea groups is 1. The van der Waals surface area contributed by atoms with Crippen LogP contribution in [0.4, 0.5) is 4.79 Å². The summed E-state index contributed by atoms with van der Waals surface area (Å²) in [5, 5.41) is 26.1. The van der Waals surface area contributed by atoms with Gasteiger partial charge in [-0.3, -0.25) is 4.90 Å². The summed E-state index contributed by atoms with van der Waals surface area (Å²) in [7, 11) is 0. The van der Waals surface area contributed by atoms with Gasteiger partial charge in [-0.1, -0.05) is 55.5 Å². The molecule has 2 saturated heterocycles. The third-order valence-corrected chi connectivity index (χ3v) is 10.9. The number of aliphatic hydroxyl groups is 2. The average molecular weight is 590 g/mol. The Morgan fingerprint density at radius 3 is 2.16 bits per heavy atom. The molecule has 4 saturated carbocycles. The molecule has 2 aliphatic heterocycles. The molecule has 0 aromatic heterocycles. The van der Waals surface area contributed by atoms with Gasteiger partial charge in [0.1, 0.15) is 0 Å². The van der Waals surface area contributed by atoms with Gasteiger partial charge >= 0.3 is 6.03 Å². The van der Waals surface area contributed by atoms with Crippen LogP contribution in [0.15, 0.2) is 48.5 Å². The van der Waals surface area contributed by atoms with Crippen LogP contribution in [0.25, 0.3) is 0 Å². The molecule has 43 heavy (non-hydrogen) atoms. The van der Waals surface area contributed by atoms with Crippen molar-refractivity contribution in [2.75, 3.05) is 19.6 Å². The Morgan fingerprint density at radius 2 is 1.56 bits per heavy atom. The third-order valence-electron chi connectivity index (χ3n) is 10.9. The molecular formula is C35H47N3O5. The number of aliphatic hydroxyl groups excluding tert-OH is 2. The average Bonchev–Trinajstić information content (AvgIpc) is 3.41. The molecule has 2 aromatic rings. The lowest BCUT2D eigenvalue weighted by Gasteiger charge is -2.56. The van der Waals surface area contributed by atoms with Gasteiger partial charge in [0.25, 0.3) is 0 Å². The number of nitrogens with zero attached hydrogens (tertiary/aromatic N) is 1. The summed E-state index contributed by atoms with van der Waals surface area (Å²) in [6, 6.07) is 16.1. The van der Waals surface area contributed by atoms with Gasteiger partial charge in [-0.05, 0) is 79.4 Å². The number of hydrogen-bond donors (Lipinski definition) is 4. The summed E-state index contributed by atoms with van der Waals surface area (Å²) < 4.78 is 13.2. The second-order valence-electron chi connectivity index (χ2n) is 14.3. The van der Waals surface area contributed by atoms with Crippen molar-refractivity contribution in [1.29, 1.82) is 0 Å². The van der Waals surface area contributed by atoms with Gasteiger partial charge in [-0.25, -0.2) is 4.79 Å². The van der Waals surface area contributed by atoms with Crippen molar-refractivity contribution in [3.8, 4) is 0 Å². The number of amides is 2. The first-order valence-electron chi connectivity index (χ1n) is 16.4. The van der Waals surface area contributed by atoms with Gasteiger partial charge in [0.05, 0.1) is 24.9 Å². The van der Waals surface area contributed by atoms with E-state index in [4.69, 9.17) is 9.47 Å². The van der Waals surface area contributed by atoms with E-state index in [1.54, 1.807) is 0 Å². The van der Waals surface area contributed by atoms with Crippen LogP contribution in [0.3, 0.4) is 0 Å². The van der Waals surface area contributed by atoms with Gasteiger partial charge in [0.2, 0.25) is 0 Å². The molecule has 2 heterocycles. The van der Waals surface area contributed by atoms with Crippen molar-refractivity contribution in [2.24, 2.45) is 23.7 Å². The van der Waals surface area contributed by atoms with Crippen LogP contribution < -0.4 is 10.6 Å². The van der Waals surface area contributed by atoms with E-state index in [0.29, 0.717) is 13.1 Å². The maximum absolute atomic E-state index is 13.0. The summed E-state index contributed by atoms with van der Waals surface area (Å²) in [5.74, 6) is 2.50. The van der Waals surface area contributed by atoms with E-state index in [1.165, 1.54) is 19.3 Å². The molecule has 6 aliphatic rings. The normalized spacial score (nSPS) is 37.0. The lowest BCUT2D eigenvalue weighted by molar-refractivity contribution is -0.276. The van der Waals surface area contributed by atoms with E-state index in [2.05, 4.69) is 22.5 Å². The predicted molar refractivity (Wildman–Crippen MR) is 163 cm³/mol. The Balaban J connectivity index is 1.000. The van der Waals surface area contributed by atoms with Crippen LogP contribution >= 0.6 is 0 Å². The lowest BCUT2D eigenvalue weighted by Crippen LogP contribution is -2.61. The zero-order chi connectivity index (χ0) is 29.6. The Bertz CT molecular complexity index is 1230. The van der Waals surface area contributed by atoms with Crippen LogP contribution in [0.1, 0.15) is 86.5 Å². The highest BCUT2D eigenvalue weighted by molar-refractivity contribution is 5.75. The number of β-amino-alcohol motifs (C(OH)–C–C–N with tert-alkyl or cyclic N) is 1. The van der Waals surface area contributed by atoms with Gasteiger partial charge in [-0.2, -0.15) is 0 Å². The smallest absolute Gasteiger partial charge is 0.315 e. The fourth-order valence-corrected chi connectivity index (χ4v) is 9.08. The fraction of sp³-hybridized carbons (Fsp3) is 0.629. The minimum Gasteiger partial charge on any atom is -0.392 e. The van der Waals surface area contributed by atoms with E-state index in [0.717, 1.165) is 78.8 Å². The SMILES string of the molecule is C[C@H]1[C@@H](CN2CC[C@H](O)C2)O[C@@H](c2ccc(CNC(=O)NC34CC5CC(CC(C5)C3)C4)cc2)O[C@H]1c1ccc(CO)cc1. The minimum atomic E-state index is -0.530. The van der Waals surface area contributed by atoms with E-state index in [-0.39, 0.29) is 42.4 Å². The standard InChI is InChI=1S/C35H47N3O5/c1-22-31(20-38-11-10-30(40)19-38)42-33(43-32(22)28-6-4-24(21-39)5-7-28)29-8-2-23(3-9-29)18-36-34(41)37-35-15-25-12-26(16-35)14-27(13-25)17-35/h2-9,22,25-27,30-33,39-40H,10-21H2,1H3,(H2,36,37,41)/t22-,25?,26?,27?,30-,31+,32+,33+,35?/m0/s1. The quantitative estimate of drug-likeness (QED) is 0.353. The largest absolute Gasteiger partial charge is 0.392 e. The summed E-state index contributed by atoms with van der Waals surface area (Å²) in [6.45, 7) is 4.94. The van der Waals surface area contributed by atoms with Crippen LogP contribution in [0.2, 0.25) is 0 Å². The molecule has 0 unspecified atom stereocenters. The molecule has 5 atom stereocenters. The number of likely N-dealkylation sites (tertiary alicyclic amines) is 1. The number of carbonyl (C=O) groups excluding carboxylic acids is 1. The van der Waals surface area contributed by atoms with Crippen molar-refractivity contribution in [1.82, 2.24) is 15.5 Å². The van der Waals surface area contributed by atoms with Crippen molar-refractivity contribution < 1.29 is 24.5 Å². The molecule has 4 aliphatic carbocycles. The van der Waals surface area contributed by atoms with E-state index in [1.807, 2.05) is 48.5 Å². The summed E-state index contributed by atoms with van der Waals surface area (Å²) in [5.41, 5.74) is 3.92. The minimum absolute atomic E-state index is 0.00808. The highest BCUT2D eigenvalue weighted by atomic mass is 16.7. The summed E-state index contributed by atoms with van der Waals surface area (Å²) in [4.78, 5) is 15.2. The molecule has 2 aromatic carbocycles. The molecule has 4 N–H and O–H groups in total. The number of rotatable bonds is 8. The number of carbonyl (C=O) groups is 1. The molecule has 8 heteroatoms. The zero-order valence-electron chi connectivity index (χ0n) is 25.3. The summed E-state index contributed by atoms with van der Waals surface area (Å²) in [6.07, 6.45) is 7.28. The van der Waals surface area contributed by atoms with Crippen LogP contribution in [0, 0.1) is 23.7 Å². The second-order valence-corrected chi connectivity index (χ2v) is 14.3. The molecule has 232 valence electrons. The fourth-order valence-electron chi connectivity index (χ4n) is 9.08. The monoisotopic (exact) mass is 589 g/mol. The van der Waals surface area contributed by atoms with Gasteiger partial charge in [0.15, 0.2) is 6.29 Å². The highest BCUT2D eigenvalue weighted by Crippen LogP contribution is 2.55. The van der Waals surface area contributed by atoms with E-state index in [9.17, 15) is 15.0 Å². The van der Waals surface area contributed by atoms with Crippen LogP contribution in [-0.4, -0.2) is 58.5 Å². The first-order chi connectivity index (χ1) is 20.8. The highest BCUT2D eigenvalue weighted by Gasteiger charge is 2.51. The van der Waals surface area contributed by atoms with Crippen molar-refractivity contribution in [3.05, 3.63) is 70.8 Å². The maximum Gasteiger partial charge on any atom is 0.315 e. The Kier molecular flexibility index (Phi) is 8.24. The summed E-state index contributed by atoms with van der Waals surface area (Å²) >= 11 is 0. The van der Waals surface area contributed by atoms with Gasteiger partial charge in [-0.15, -0.1) is 0 Å². The van der Waals surface area contributed by atoms with Crippen LogP contribution in [-0.2, 0) is 22.6 Å². The van der Waals surface area contributed by atoms with Crippen molar-refractivity contribution >= 4 is 6.03 Å². The van der Waals surface area contributed by atoms with Crippen molar-refractivity contribution in [2.45, 2.75) is 95.2 Å². The number of hydrogen-bond acceptors (Lipinski definition) is 6. The Labute approximate surface area is 255 Å². The first-order valence-corrected chi connectivity index (χ1v) is 16.4. The molecule has 0 radical (unpaired) electrons. The Morgan fingerprint density at radius 1 is 0.930 bits per heavy atom. The van der Waals surface area contributed by atoms with Crippen LogP contribution in [0.5, 0.6) is 0 Å². The zero-order valence-corrected chi connectivity index (χ0v) is 25.3. The molecule has 4 bridgehead atoms. The second kappa shape index (κ2) is 12.1. The maximum atomic E-state index is 13.0. The molecule has 2 amide bonds. The molecule has 8 rings (SSSR count). The molecule has 0 spiro atoms. The number of nitrogens with one attached hydrogen (secondary N) is 2. The first kappa shape index (κ1) is 29.2. The Hall–Kier alpha value is -2.49. The molecule has 6 fully saturated rings. The topological polar surface area (TPSA) is 103 Å². The number of ether oxygens (including phenoxy) is 2. The molecular weight excluding hydrogens is 542 g/mol. The van der Waals surface area contributed by atoms with Gasteiger partial charge < -0.3 is 30.3 Å². The number of benzene rings is 2. The van der Waals surface area contributed by atoms with Gasteiger partial charge in [0, 0.05) is 43.2 Å². The third kappa shape index (κ3) is 6.36. The molecule has 8 nitrogen and oxygen atoms in total. The van der Waals surface area contributed by atoms with Crippen molar-refractivity contribution in [3.63, 3.8) is 0 Å². The lowest BCUT2D eigenvalue weighted by atomic mass is 9.53.